The quantitative estimate of drug-likeness (QED) is 0.870. The van der Waals surface area contributed by atoms with Gasteiger partial charge in [0.2, 0.25) is 5.95 Å². The molecule has 1 aromatic carbocycles. The molecule has 1 aliphatic heterocycles. The van der Waals surface area contributed by atoms with Gasteiger partial charge in [-0.1, -0.05) is 32.0 Å². The molecule has 0 saturated heterocycles. The van der Waals surface area contributed by atoms with E-state index in [2.05, 4.69) is 28.9 Å². The summed E-state index contributed by atoms with van der Waals surface area (Å²) in [6, 6.07) is 10.2. The van der Waals surface area contributed by atoms with Crippen LogP contribution in [0.25, 0.3) is 0 Å². The van der Waals surface area contributed by atoms with Crippen molar-refractivity contribution in [1.82, 2.24) is 14.5 Å². The Balaban J connectivity index is 2.15. The molecule has 23 heavy (non-hydrogen) atoms. The Morgan fingerprint density at radius 1 is 1.13 bits per heavy atom. The van der Waals surface area contributed by atoms with Gasteiger partial charge >= 0.3 is 0 Å². The minimum Gasteiger partial charge on any atom is -0.298 e. The lowest BCUT2D eigenvalue weighted by atomic mass is 10.2. The van der Waals surface area contributed by atoms with E-state index in [1.54, 1.807) is 0 Å². The number of aryl methyl sites for hydroxylation is 1. The number of hydrogen-bond donors (Lipinski definition) is 0. The van der Waals surface area contributed by atoms with Crippen molar-refractivity contribution in [2.45, 2.75) is 40.3 Å². The van der Waals surface area contributed by atoms with Crippen LogP contribution in [0.4, 0.5) is 11.6 Å². The van der Waals surface area contributed by atoms with Gasteiger partial charge in [-0.3, -0.25) is 19.2 Å². The van der Waals surface area contributed by atoms with Crippen LogP contribution in [-0.4, -0.2) is 27.7 Å². The molecule has 0 amide bonds. The van der Waals surface area contributed by atoms with Gasteiger partial charge in [-0.25, -0.2) is 4.98 Å². The number of aromatic nitrogens is 2. The fraction of sp³-hybridized carbons (Fsp3) is 0.444. The van der Waals surface area contributed by atoms with E-state index in [4.69, 9.17) is 4.98 Å². The Labute approximate surface area is 137 Å². The Morgan fingerprint density at radius 3 is 2.52 bits per heavy atom. The number of nitrogens with zero attached hydrogens (tertiary/aromatic N) is 4. The molecule has 5 nitrogen and oxygen atoms in total. The van der Waals surface area contributed by atoms with Crippen LogP contribution in [0.1, 0.15) is 31.5 Å². The summed E-state index contributed by atoms with van der Waals surface area (Å²) in [6.45, 7) is 8.45. The predicted octanol–water partition coefficient (Wildman–Crippen LogP) is 2.89. The zero-order chi connectivity index (χ0) is 16.4. The Bertz CT molecular complexity index is 739. The van der Waals surface area contributed by atoms with Crippen LogP contribution in [-0.2, 0) is 13.1 Å². The Hall–Kier alpha value is -2.14. The minimum absolute atomic E-state index is 0.0942. The minimum atomic E-state index is 0.0942. The summed E-state index contributed by atoms with van der Waals surface area (Å²) in [5.74, 6) is 0.753. The highest BCUT2D eigenvalue weighted by atomic mass is 16.1. The number of hydrogen-bond acceptors (Lipinski definition) is 4. The Kier molecular flexibility index (Phi) is 4.48. The van der Waals surface area contributed by atoms with Crippen LogP contribution >= 0.6 is 0 Å². The highest BCUT2D eigenvalue weighted by Crippen LogP contribution is 2.27. The number of rotatable bonds is 4. The molecular formula is C18H24N4O. The van der Waals surface area contributed by atoms with E-state index in [1.165, 1.54) is 0 Å². The summed E-state index contributed by atoms with van der Waals surface area (Å²) in [7, 11) is 0. The molecule has 0 saturated carbocycles. The van der Waals surface area contributed by atoms with Gasteiger partial charge in [0.15, 0.2) is 0 Å². The average Bonchev–Trinajstić information content (AvgIpc) is 2.56. The second kappa shape index (κ2) is 6.54. The summed E-state index contributed by atoms with van der Waals surface area (Å²) < 4.78 is 1.82. The van der Waals surface area contributed by atoms with Gasteiger partial charge < -0.3 is 0 Å². The van der Waals surface area contributed by atoms with E-state index >= 15 is 0 Å². The van der Waals surface area contributed by atoms with Gasteiger partial charge in [-0.15, -0.1) is 0 Å². The molecular weight excluding hydrogens is 288 g/mol. The van der Waals surface area contributed by atoms with Crippen LogP contribution in [0, 0.1) is 6.92 Å². The molecule has 0 radical (unpaired) electrons. The highest BCUT2D eigenvalue weighted by molar-refractivity contribution is 5.58. The maximum absolute atomic E-state index is 12.9. The van der Waals surface area contributed by atoms with E-state index in [1.807, 2.05) is 36.6 Å². The van der Waals surface area contributed by atoms with Crippen LogP contribution in [0.5, 0.6) is 0 Å². The van der Waals surface area contributed by atoms with Crippen LogP contribution in [0.3, 0.4) is 0 Å². The summed E-state index contributed by atoms with van der Waals surface area (Å²) >= 11 is 0. The highest BCUT2D eigenvalue weighted by Gasteiger charge is 2.26. The first-order chi connectivity index (χ1) is 11.2. The van der Waals surface area contributed by atoms with Crippen LogP contribution in [0.2, 0.25) is 0 Å². The molecule has 1 aliphatic rings. The summed E-state index contributed by atoms with van der Waals surface area (Å²) in [6.07, 6.45) is 1.78. The fourth-order valence-corrected chi connectivity index (χ4v) is 3.20. The zero-order valence-corrected chi connectivity index (χ0v) is 14.1. The van der Waals surface area contributed by atoms with Gasteiger partial charge in [0.1, 0.15) is 0 Å². The van der Waals surface area contributed by atoms with E-state index in [0.29, 0.717) is 6.67 Å². The van der Waals surface area contributed by atoms with Gasteiger partial charge in [0.25, 0.3) is 5.56 Å². The molecule has 2 aromatic rings. The third-order valence-electron chi connectivity index (χ3n) is 4.33. The van der Waals surface area contributed by atoms with Crippen molar-refractivity contribution in [2.75, 3.05) is 18.1 Å². The molecule has 0 spiro atoms. The van der Waals surface area contributed by atoms with Crippen molar-refractivity contribution in [3.05, 3.63) is 51.9 Å². The molecule has 0 N–H and O–H groups in total. The molecule has 0 atom stereocenters. The molecule has 2 heterocycles. The van der Waals surface area contributed by atoms with Gasteiger partial charge in [-0.2, -0.15) is 0 Å². The SMILES string of the molecule is CCCN1CN(c2ccccc2)c2nc(C)c(CC)c(=O)n2C1. The lowest BCUT2D eigenvalue weighted by molar-refractivity contribution is 0.198. The third-order valence-corrected chi connectivity index (χ3v) is 4.33. The molecule has 5 heteroatoms. The number of fused-ring (bicyclic) bond motifs is 1. The zero-order valence-electron chi connectivity index (χ0n) is 14.1. The third kappa shape index (κ3) is 2.88. The normalized spacial score (nSPS) is 14.8. The molecule has 0 fully saturated rings. The maximum Gasteiger partial charge on any atom is 0.259 e. The number of para-hydroxylation sites is 1. The molecule has 0 aliphatic carbocycles. The first kappa shape index (κ1) is 15.7. The molecule has 1 aromatic heterocycles. The smallest absolute Gasteiger partial charge is 0.259 e. The van der Waals surface area contributed by atoms with Crippen molar-refractivity contribution in [3.63, 3.8) is 0 Å². The fourth-order valence-electron chi connectivity index (χ4n) is 3.20. The predicted molar refractivity (Wildman–Crippen MR) is 93.1 cm³/mol. The van der Waals surface area contributed by atoms with Crippen molar-refractivity contribution in [1.29, 1.82) is 0 Å². The number of benzene rings is 1. The largest absolute Gasteiger partial charge is 0.298 e. The van der Waals surface area contributed by atoms with E-state index in [9.17, 15) is 4.79 Å². The maximum atomic E-state index is 12.9. The Morgan fingerprint density at radius 2 is 1.87 bits per heavy atom. The van der Waals surface area contributed by atoms with Crippen LogP contribution < -0.4 is 10.5 Å². The standard InChI is InChI=1S/C18H24N4O/c1-4-11-20-12-21(15-9-7-6-8-10-15)18-19-14(3)16(5-2)17(23)22(18)13-20/h6-10H,4-5,11-13H2,1-3H3. The monoisotopic (exact) mass is 312 g/mol. The average molecular weight is 312 g/mol. The van der Waals surface area contributed by atoms with E-state index in [0.717, 1.165) is 48.9 Å². The van der Waals surface area contributed by atoms with Crippen molar-refractivity contribution >= 4 is 11.6 Å². The van der Waals surface area contributed by atoms with Gasteiger partial charge in [0, 0.05) is 23.5 Å². The molecule has 0 unspecified atom stereocenters. The molecule has 3 rings (SSSR count). The summed E-state index contributed by atoms with van der Waals surface area (Å²) in [5.41, 5.74) is 2.82. The topological polar surface area (TPSA) is 41.4 Å². The summed E-state index contributed by atoms with van der Waals surface area (Å²) in [4.78, 5) is 22.0. The van der Waals surface area contributed by atoms with Crippen molar-refractivity contribution in [2.24, 2.45) is 0 Å². The first-order valence-electron chi connectivity index (χ1n) is 8.31. The van der Waals surface area contributed by atoms with Gasteiger partial charge in [-0.05, 0) is 31.9 Å². The lowest BCUT2D eigenvalue weighted by Gasteiger charge is -2.38. The van der Waals surface area contributed by atoms with E-state index < -0.39 is 0 Å². The lowest BCUT2D eigenvalue weighted by Crippen LogP contribution is -2.48. The number of anilines is 2. The van der Waals surface area contributed by atoms with Crippen molar-refractivity contribution < 1.29 is 0 Å². The van der Waals surface area contributed by atoms with E-state index in [-0.39, 0.29) is 5.56 Å². The van der Waals surface area contributed by atoms with Crippen molar-refractivity contribution in [3.8, 4) is 0 Å². The molecule has 122 valence electrons. The van der Waals surface area contributed by atoms with Crippen LogP contribution in [0.15, 0.2) is 35.1 Å². The first-order valence-corrected chi connectivity index (χ1v) is 8.31. The molecule has 0 bridgehead atoms. The summed E-state index contributed by atoms with van der Waals surface area (Å²) in [5, 5.41) is 0. The second-order valence-electron chi connectivity index (χ2n) is 6.00. The second-order valence-corrected chi connectivity index (χ2v) is 6.00. The van der Waals surface area contributed by atoms with Gasteiger partial charge in [0.05, 0.1) is 13.3 Å².